The molecule has 27 heavy (non-hydrogen) atoms. The van der Waals surface area contributed by atoms with Crippen LogP contribution in [0.3, 0.4) is 0 Å². The van der Waals surface area contributed by atoms with E-state index in [9.17, 15) is 9.59 Å². The van der Waals surface area contributed by atoms with Crippen molar-refractivity contribution in [3.63, 3.8) is 0 Å². The Morgan fingerprint density at radius 3 is 2.41 bits per heavy atom. The Labute approximate surface area is 160 Å². The number of amides is 1. The summed E-state index contributed by atoms with van der Waals surface area (Å²) in [4.78, 5) is 24.3. The van der Waals surface area contributed by atoms with Gasteiger partial charge in [0.2, 0.25) is 0 Å². The second-order valence-corrected chi connectivity index (χ2v) is 6.59. The molecule has 0 radical (unpaired) electrons. The van der Waals surface area contributed by atoms with E-state index >= 15 is 0 Å². The Hall–Kier alpha value is -2.82. The highest BCUT2D eigenvalue weighted by Gasteiger charge is 2.16. The van der Waals surface area contributed by atoms with Crippen LogP contribution in [0.15, 0.2) is 42.5 Å². The fourth-order valence-corrected chi connectivity index (χ4v) is 2.50. The van der Waals surface area contributed by atoms with Gasteiger partial charge in [-0.1, -0.05) is 31.0 Å². The quantitative estimate of drug-likeness (QED) is 0.543. The zero-order valence-corrected chi connectivity index (χ0v) is 16.4. The van der Waals surface area contributed by atoms with Crippen LogP contribution in [0, 0.1) is 13.8 Å². The van der Waals surface area contributed by atoms with Crippen LogP contribution in [0.2, 0.25) is 0 Å². The standard InChI is InChI=1S/C22H27NO4/c1-5-6-13-26-22(25)18-8-10-19(11-9-18)23-21(24)17(4)27-20-12-7-15(2)14-16(20)3/h7-12,14,17H,5-6,13H2,1-4H3,(H,23,24)/t17-/m0/s1. The van der Waals surface area contributed by atoms with Crippen molar-refractivity contribution in [2.24, 2.45) is 0 Å². The normalized spacial score (nSPS) is 11.6. The number of nitrogens with one attached hydrogen (secondary N) is 1. The summed E-state index contributed by atoms with van der Waals surface area (Å²) in [6, 6.07) is 12.5. The summed E-state index contributed by atoms with van der Waals surface area (Å²) >= 11 is 0. The number of rotatable bonds is 8. The van der Waals surface area contributed by atoms with E-state index in [-0.39, 0.29) is 11.9 Å². The van der Waals surface area contributed by atoms with Gasteiger partial charge in [-0.3, -0.25) is 4.79 Å². The number of aryl methyl sites for hydroxylation is 2. The Bertz CT molecular complexity index is 783. The van der Waals surface area contributed by atoms with Crippen molar-refractivity contribution in [3.05, 3.63) is 59.2 Å². The highest BCUT2D eigenvalue weighted by atomic mass is 16.5. The molecular formula is C22H27NO4. The summed E-state index contributed by atoms with van der Waals surface area (Å²) in [5.74, 6) is 0.0783. The lowest BCUT2D eigenvalue weighted by atomic mass is 10.1. The third-order valence-electron chi connectivity index (χ3n) is 4.12. The predicted octanol–water partition coefficient (Wildman–Crippen LogP) is 4.67. The third-order valence-corrected chi connectivity index (χ3v) is 4.12. The van der Waals surface area contributed by atoms with E-state index in [1.807, 2.05) is 39.0 Å². The van der Waals surface area contributed by atoms with Crippen LogP contribution >= 0.6 is 0 Å². The number of carbonyl (C=O) groups is 2. The van der Waals surface area contributed by atoms with E-state index in [1.165, 1.54) is 0 Å². The summed E-state index contributed by atoms with van der Waals surface area (Å²) in [7, 11) is 0. The molecule has 0 heterocycles. The molecule has 144 valence electrons. The number of hydrogen-bond donors (Lipinski definition) is 1. The van der Waals surface area contributed by atoms with E-state index in [0.29, 0.717) is 23.6 Å². The Morgan fingerprint density at radius 2 is 1.78 bits per heavy atom. The molecule has 0 spiro atoms. The van der Waals surface area contributed by atoms with Gasteiger partial charge < -0.3 is 14.8 Å². The number of carbonyl (C=O) groups excluding carboxylic acids is 2. The topological polar surface area (TPSA) is 64.6 Å². The summed E-state index contributed by atoms with van der Waals surface area (Å²) < 4.78 is 10.9. The zero-order valence-electron chi connectivity index (χ0n) is 16.4. The fraction of sp³-hybridized carbons (Fsp3) is 0.364. The van der Waals surface area contributed by atoms with Crippen molar-refractivity contribution >= 4 is 17.6 Å². The second kappa shape index (κ2) is 9.76. The third kappa shape index (κ3) is 6.13. The van der Waals surface area contributed by atoms with Crippen LogP contribution in [0.4, 0.5) is 5.69 Å². The lowest BCUT2D eigenvalue weighted by Crippen LogP contribution is -2.30. The predicted molar refractivity (Wildman–Crippen MR) is 106 cm³/mol. The monoisotopic (exact) mass is 369 g/mol. The Balaban J connectivity index is 1.91. The molecule has 0 aromatic heterocycles. The largest absolute Gasteiger partial charge is 0.481 e. The molecule has 5 nitrogen and oxygen atoms in total. The van der Waals surface area contributed by atoms with E-state index < -0.39 is 6.10 Å². The minimum Gasteiger partial charge on any atom is -0.481 e. The summed E-state index contributed by atoms with van der Waals surface area (Å²) in [6.45, 7) is 8.12. The average molecular weight is 369 g/mol. The molecule has 0 bridgehead atoms. The van der Waals surface area contributed by atoms with Crippen molar-refractivity contribution in [3.8, 4) is 5.75 Å². The van der Waals surface area contributed by atoms with Gasteiger partial charge in [0.1, 0.15) is 5.75 Å². The molecule has 0 unspecified atom stereocenters. The molecular weight excluding hydrogens is 342 g/mol. The zero-order chi connectivity index (χ0) is 19.8. The van der Waals surface area contributed by atoms with Crippen LogP contribution in [0.25, 0.3) is 0 Å². The van der Waals surface area contributed by atoms with E-state index in [0.717, 1.165) is 24.0 Å². The number of ether oxygens (including phenoxy) is 2. The van der Waals surface area contributed by atoms with Gasteiger partial charge in [-0.25, -0.2) is 4.79 Å². The second-order valence-electron chi connectivity index (χ2n) is 6.59. The average Bonchev–Trinajstić information content (AvgIpc) is 2.64. The molecule has 0 aliphatic heterocycles. The maximum Gasteiger partial charge on any atom is 0.338 e. The smallest absolute Gasteiger partial charge is 0.338 e. The van der Waals surface area contributed by atoms with Crippen LogP contribution in [0.5, 0.6) is 5.75 Å². The van der Waals surface area contributed by atoms with E-state index in [4.69, 9.17) is 9.47 Å². The summed E-state index contributed by atoms with van der Waals surface area (Å²) in [5.41, 5.74) is 3.19. The number of esters is 1. The van der Waals surface area contributed by atoms with Crippen LogP contribution in [0.1, 0.15) is 48.2 Å². The number of benzene rings is 2. The minimum absolute atomic E-state index is 0.256. The van der Waals surface area contributed by atoms with Crippen molar-refractivity contribution < 1.29 is 19.1 Å². The highest BCUT2D eigenvalue weighted by Crippen LogP contribution is 2.20. The van der Waals surface area contributed by atoms with Gasteiger partial charge in [0.05, 0.1) is 12.2 Å². The SMILES string of the molecule is CCCCOC(=O)c1ccc(NC(=O)[C@H](C)Oc2ccc(C)cc2C)cc1. The number of anilines is 1. The summed E-state index contributed by atoms with van der Waals surface area (Å²) in [5, 5.41) is 2.80. The van der Waals surface area contributed by atoms with Gasteiger partial charge in [0.25, 0.3) is 5.91 Å². The van der Waals surface area contributed by atoms with Crippen LogP contribution < -0.4 is 10.1 Å². The molecule has 5 heteroatoms. The van der Waals surface area contributed by atoms with Gasteiger partial charge in [-0.05, 0) is 63.1 Å². The van der Waals surface area contributed by atoms with Gasteiger partial charge in [0, 0.05) is 5.69 Å². The van der Waals surface area contributed by atoms with Crippen LogP contribution in [-0.2, 0) is 9.53 Å². The molecule has 0 aliphatic rings. The first-order valence-electron chi connectivity index (χ1n) is 9.22. The molecule has 1 atom stereocenters. The van der Waals surface area contributed by atoms with Gasteiger partial charge in [0.15, 0.2) is 6.10 Å². The van der Waals surface area contributed by atoms with E-state index in [2.05, 4.69) is 5.32 Å². The molecule has 2 aromatic carbocycles. The van der Waals surface area contributed by atoms with Crippen molar-refractivity contribution in [2.45, 2.75) is 46.6 Å². The first kappa shape index (κ1) is 20.5. The molecule has 0 fully saturated rings. The summed E-state index contributed by atoms with van der Waals surface area (Å²) in [6.07, 6.45) is 1.17. The van der Waals surface area contributed by atoms with Gasteiger partial charge in [-0.2, -0.15) is 0 Å². The molecule has 0 saturated heterocycles. The van der Waals surface area contributed by atoms with Crippen molar-refractivity contribution in [1.82, 2.24) is 0 Å². The molecule has 1 amide bonds. The Morgan fingerprint density at radius 1 is 1.07 bits per heavy atom. The van der Waals surface area contributed by atoms with Gasteiger partial charge in [-0.15, -0.1) is 0 Å². The van der Waals surface area contributed by atoms with Crippen molar-refractivity contribution in [2.75, 3.05) is 11.9 Å². The molecule has 2 rings (SSSR count). The molecule has 1 N–H and O–H groups in total. The molecule has 2 aromatic rings. The van der Waals surface area contributed by atoms with Gasteiger partial charge >= 0.3 is 5.97 Å². The lowest BCUT2D eigenvalue weighted by Gasteiger charge is -2.16. The number of unbranched alkanes of at least 4 members (excludes halogenated alkanes) is 1. The highest BCUT2D eigenvalue weighted by molar-refractivity contribution is 5.95. The lowest BCUT2D eigenvalue weighted by molar-refractivity contribution is -0.122. The first-order valence-corrected chi connectivity index (χ1v) is 9.22. The molecule has 0 saturated carbocycles. The first-order chi connectivity index (χ1) is 12.9. The fourth-order valence-electron chi connectivity index (χ4n) is 2.50. The Kier molecular flexibility index (Phi) is 7.41. The molecule has 0 aliphatic carbocycles. The minimum atomic E-state index is -0.648. The maximum atomic E-state index is 12.4. The number of hydrogen-bond acceptors (Lipinski definition) is 4. The van der Waals surface area contributed by atoms with E-state index in [1.54, 1.807) is 31.2 Å². The van der Waals surface area contributed by atoms with Crippen LogP contribution in [-0.4, -0.2) is 24.6 Å². The maximum absolute atomic E-state index is 12.4. The van der Waals surface area contributed by atoms with Crippen molar-refractivity contribution in [1.29, 1.82) is 0 Å².